The van der Waals surface area contributed by atoms with Crippen molar-refractivity contribution in [2.24, 2.45) is 0 Å². The molecule has 4 aromatic rings. The predicted molar refractivity (Wildman–Crippen MR) is 123 cm³/mol. The maximum Gasteiger partial charge on any atom is 0.249 e. The molecule has 0 unspecified atom stereocenters. The fourth-order valence-electron chi connectivity index (χ4n) is 3.12. The van der Waals surface area contributed by atoms with Crippen LogP contribution in [0.2, 0.25) is 5.02 Å². The highest BCUT2D eigenvalue weighted by Gasteiger charge is 2.21. The van der Waals surface area contributed by atoms with E-state index in [0.717, 1.165) is 16.8 Å². The van der Waals surface area contributed by atoms with E-state index in [9.17, 15) is 4.79 Å². The van der Waals surface area contributed by atoms with Gasteiger partial charge in [-0.15, -0.1) is 10.2 Å². The highest BCUT2D eigenvalue weighted by molar-refractivity contribution is 7.99. The molecule has 2 aromatic carbocycles. The monoisotopic (exact) mass is 453 g/mol. The molecule has 2 heterocycles. The topological polar surface area (TPSA) is 74.0 Å². The van der Waals surface area contributed by atoms with E-state index in [2.05, 4.69) is 15.6 Å². The summed E-state index contributed by atoms with van der Waals surface area (Å²) < 4.78 is 9.05. The number of halogens is 1. The molecule has 0 spiro atoms. The minimum Gasteiger partial charge on any atom is -0.496 e. The molecule has 1 N–H and O–H groups in total. The van der Waals surface area contributed by atoms with Crippen molar-refractivity contribution in [1.82, 2.24) is 19.4 Å². The highest BCUT2D eigenvalue weighted by atomic mass is 35.5. The summed E-state index contributed by atoms with van der Waals surface area (Å²) in [6, 6.07) is 16.9. The lowest BCUT2D eigenvalue weighted by molar-refractivity contribution is -0.114. The Morgan fingerprint density at radius 2 is 1.90 bits per heavy atom. The maximum atomic E-state index is 12.4. The first-order valence-electron chi connectivity index (χ1n) is 9.48. The van der Waals surface area contributed by atoms with Gasteiger partial charge in [-0.05, 0) is 48.9 Å². The third-order valence-corrected chi connectivity index (χ3v) is 5.75. The van der Waals surface area contributed by atoms with Crippen molar-refractivity contribution >= 4 is 29.3 Å². The number of hydrogen-bond donors (Lipinski definition) is 1. The lowest BCUT2D eigenvalue weighted by atomic mass is 10.1. The Morgan fingerprint density at radius 3 is 2.68 bits per heavy atom. The number of hydrogen-bond acceptors (Lipinski definition) is 5. The third-order valence-electron chi connectivity index (χ3n) is 4.58. The molecule has 2 aromatic heterocycles. The SMILES string of the molecule is COc1ccccc1-c1nnc(SCC(=O)Nn2cccc2)n1-c1cc(Cl)ccc1C. The number of nitrogens with zero attached hydrogens (tertiary/aromatic N) is 4. The van der Waals surface area contributed by atoms with Crippen LogP contribution in [0.15, 0.2) is 72.1 Å². The van der Waals surface area contributed by atoms with Crippen molar-refractivity contribution in [1.29, 1.82) is 0 Å². The van der Waals surface area contributed by atoms with Gasteiger partial charge in [-0.3, -0.25) is 19.5 Å². The molecule has 0 radical (unpaired) electrons. The van der Waals surface area contributed by atoms with Crippen molar-refractivity contribution in [3.63, 3.8) is 0 Å². The summed E-state index contributed by atoms with van der Waals surface area (Å²) in [5.74, 6) is 1.30. The van der Waals surface area contributed by atoms with Gasteiger partial charge in [-0.1, -0.05) is 41.6 Å². The van der Waals surface area contributed by atoms with E-state index in [4.69, 9.17) is 16.3 Å². The average molecular weight is 454 g/mol. The Hall–Kier alpha value is -3.23. The van der Waals surface area contributed by atoms with Crippen LogP contribution in [0.25, 0.3) is 17.1 Å². The van der Waals surface area contributed by atoms with Gasteiger partial charge in [0, 0.05) is 17.4 Å². The first-order chi connectivity index (χ1) is 15.1. The second kappa shape index (κ2) is 9.28. The second-order valence-electron chi connectivity index (χ2n) is 6.69. The number of nitrogens with one attached hydrogen (secondary N) is 1. The Labute approximate surface area is 189 Å². The molecule has 0 fully saturated rings. The summed E-state index contributed by atoms with van der Waals surface area (Å²) in [6.45, 7) is 1.99. The lowest BCUT2D eigenvalue weighted by Crippen LogP contribution is -2.23. The van der Waals surface area contributed by atoms with Gasteiger partial charge in [0.2, 0.25) is 5.91 Å². The summed E-state index contributed by atoms with van der Waals surface area (Å²) in [5.41, 5.74) is 5.42. The molecule has 0 aliphatic carbocycles. The van der Waals surface area contributed by atoms with E-state index in [1.54, 1.807) is 24.2 Å². The number of amides is 1. The summed E-state index contributed by atoms with van der Waals surface area (Å²) in [6.07, 6.45) is 3.53. The fourth-order valence-corrected chi connectivity index (χ4v) is 4.03. The molecule has 4 rings (SSSR count). The summed E-state index contributed by atoms with van der Waals surface area (Å²) in [5, 5.41) is 9.98. The van der Waals surface area contributed by atoms with E-state index in [-0.39, 0.29) is 11.7 Å². The Balaban J connectivity index is 1.72. The van der Waals surface area contributed by atoms with Crippen LogP contribution in [0.1, 0.15) is 5.56 Å². The molecule has 7 nitrogen and oxygen atoms in total. The number of aromatic nitrogens is 4. The molecule has 9 heteroatoms. The van der Waals surface area contributed by atoms with E-state index in [1.807, 2.05) is 66.1 Å². The van der Waals surface area contributed by atoms with Crippen molar-refractivity contribution in [2.75, 3.05) is 18.3 Å². The van der Waals surface area contributed by atoms with E-state index < -0.39 is 0 Å². The number of carbonyl (C=O) groups excluding carboxylic acids is 1. The molecule has 0 saturated heterocycles. The zero-order valence-corrected chi connectivity index (χ0v) is 18.5. The van der Waals surface area contributed by atoms with Crippen LogP contribution in [0.3, 0.4) is 0 Å². The summed E-state index contributed by atoms with van der Waals surface area (Å²) >= 11 is 7.59. The Bertz CT molecular complexity index is 1210. The number of rotatable bonds is 7. The zero-order chi connectivity index (χ0) is 21.8. The van der Waals surface area contributed by atoms with Crippen molar-refractivity contribution in [3.05, 3.63) is 77.6 Å². The van der Waals surface area contributed by atoms with Crippen LogP contribution < -0.4 is 10.2 Å². The molecule has 158 valence electrons. The van der Waals surface area contributed by atoms with E-state index in [1.165, 1.54) is 11.8 Å². The first kappa shape index (κ1) is 21.0. The van der Waals surface area contributed by atoms with E-state index in [0.29, 0.717) is 21.8 Å². The van der Waals surface area contributed by atoms with Crippen molar-refractivity contribution in [2.45, 2.75) is 12.1 Å². The normalized spacial score (nSPS) is 10.8. The number of ether oxygens (including phenoxy) is 1. The van der Waals surface area contributed by atoms with Crippen LogP contribution in [-0.2, 0) is 4.79 Å². The van der Waals surface area contributed by atoms with Gasteiger partial charge >= 0.3 is 0 Å². The first-order valence-corrected chi connectivity index (χ1v) is 10.8. The molecule has 31 heavy (non-hydrogen) atoms. The predicted octanol–water partition coefficient (Wildman–Crippen LogP) is 4.57. The zero-order valence-electron chi connectivity index (χ0n) is 16.9. The van der Waals surface area contributed by atoms with Gasteiger partial charge < -0.3 is 4.74 Å². The standard InChI is InChI=1S/C22H20ClN5O2S/c1-15-9-10-16(23)13-18(15)28-21(17-7-3-4-8-19(17)30-2)24-25-22(28)31-14-20(29)26-27-11-5-6-12-27/h3-13H,14H2,1-2H3,(H,26,29). The molecule has 0 bridgehead atoms. The molecule has 0 atom stereocenters. The minimum atomic E-state index is -0.155. The number of methoxy groups -OCH3 is 1. The van der Waals surface area contributed by atoms with Crippen LogP contribution in [0.4, 0.5) is 0 Å². The lowest BCUT2D eigenvalue weighted by Gasteiger charge is -2.15. The van der Waals surface area contributed by atoms with Crippen LogP contribution >= 0.6 is 23.4 Å². The number of aryl methyl sites for hydroxylation is 1. The maximum absolute atomic E-state index is 12.4. The average Bonchev–Trinajstić information content (AvgIpc) is 3.43. The van der Waals surface area contributed by atoms with Gasteiger partial charge in [-0.25, -0.2) is 0 Å². The summed E-state index contributed by atoms with van der Waals surface area (Å²) in [4.78, 5) is 12.4. The highest BCUT2D eigenvalue weighted by Crippen LogP contribution is 2.34. The van der Waals surface area contributed by atoms with Crippen LogP contribution in [-0.4, -0.2) is 38.2 Å². The minimum absolute atomic E-state index is 0.155. The number of benzene rings is 2. The molecule has 0 saturated carbocycles. The molecule has 0 aliphatic heterocycles. The van der Waals surface area contributed by atoms with Crippen molar-refractivity contribution < 1.29 is 9.53 Å². The smallest absolute Gasteiger partial charge is 0.249 e. The Kier molecular flexibility index (Phi) is 6.29. The Morgan fingerprint density at radius 1 is 1.13 bits per heavy atom. The summed E-state index contributed by atoms with van der Waals surface area (Å²) in [7, 11) is 1.62. The fraction of sp³-hybridized carbons (Fsp3) is 0.136. The third kappa shape index (κ3) is 4.60. The largest absolute Gasteiger partial charge is 0.496 e. The van der Waals surface area contributed by atoms with E-state index >= 15 is 0 Å². The van der Waals surface area contributed by atoms with Crippen LogP contribution in [0.5, 0.6) is 5.75 Å². The van der Waals surface area contributed by atoms with Gasteiger partial charge in [-0.2, -0.15) is 0 Å². The number of para-hydroxylation sites is 1. The quantitative estimate of drug-likeness (QED) is 0.415. The molecular formula is C22H20ClN5O2S. The second-order valence-corrected chi connectivity index (χ2v) is 8.07. The molecular weight excluding hydrogens is 434 g/mol. The number of carbonyl (C=O) groups is 1. The van der Waals surface area contributed by atoms with Crippen molar-refractivity contribution in [3.8, 4) is 22.8 Å². The van der Waals surface area contributed by atoms with Crippen LogP contribution in [0, 0.1) is 6.92 Å². The van der Waals surface area contributed by atoms with Gasteiger partial charge in [0.1, 0.15) is 5.75 Å². The molecule has 0 aliphatic rings. The molecule has 1 amide bonds. The van der Waals surface area contributed by atoms with Gasteiger partial charge in [0.25, 0.3) is 0 Å². The van der Waals surface area contributed by atoms with Gasteiger partial charge in [0.15, 0.2) is 11.0 Å². The van der Waals surface area contributed by atoms with Gasteiger partial charge in [0.05, 0.1) is 24.1 Å². The number of thioether (sulfide) groups is 1.